The van der Waals surface area contributed by atoms with E-state index in [1.54, 1.807) is 12.3 Å². The van der Waals surface area contributed by atoms with Gasteiger partial charge in [-0.25, -0.2) is 0 Å². The number of aliphatic hydroxyl groups excluding tert-OH is 1. The van der Waals surface area contributed by atoms with Crippen LogP contribution in [0.25, 0.3) is 0 Å². The number of hydrogen-bond acceptors (Lipinski definition) is 6. The van der Waals surface area contributed by atoms with Crippen LogP contribution in [0.1, 0.15) is 65.5 Å². The Labute approximate surface area is 171 Å². The van der Waals surface area contributed by atoms with E-state index < -0.39 is 6.29 Å². The molecule has 0 aliphatic carbocycles. The van der Waals surface area contributed by atoms with Gasteiger partial charge in [-0.1, -0.05) is 6.92 Å². The van der Waals surface area contributed by atoms with Crippen LogP contribution in [0.3, 0.4) is 0 Å². The summed E-state index contributed by atoms with van der Waals surface area (Å²) in [6, 6.07) is 1.75. The predicted molar refractivity (Wildman–Crippen MR) is 107 cm³/mol. The molecule has 0 aromatic carbocycles. The number of ether oxygens (including phenoxy) is 2. The fraction of sp³-hybridized carbons (Fsp3) is 0.619. The number of furan rings is 1. The van der Waals surface area contributed by atoms with Crippen molar-refractivity contribution in [2.24, 2.45) is 0 Å². The summed E-state index contributed by atoms with van der Waals surface area (Å²) in [4.78, 5) is 12.7. The number of carbonyl (C=O) groups excluding carboxylic acids is 1. The molecule has 2 aromatic heterocycles. The van der Waals surface area contributed by atoms with E-state index in [4.69, 9.17) is 13.9 Å². The SMILES string of the molecule is CCc1nn(CCCOC(O)c2cc(C)co2)c2c1C(=O)NCCCOCCC2. The number of nitrogens with zero attached hydrogens (tertiary/aromatic N) is 2. The number of rotatable bonds is 7. The molecular formula is C21H31N3O5. The summed E-state index contributed by atoms with van der Waals surface area (Å²) >= 11 is 0. The zero-order valence-corrected chi connectivity index (χ0v) is 17.3. The lowest BCUT2D eigenvalue weighted by molar-refractivity contribution is -0.116. The molecule has 0 spiro atoms. The van der Waals surface area contributed by atoms with Gasteiger partial charge < -0.3 is 24.3 Å². The maximum atomic E-state index is 12.7. The Morgan fingerprint density at radius 3 is 2.97 bits per heavy atom. The van der Waals surface area contributed by atoms with Crippen LogP contribution >= 0.6 is 0 Å². The van der Waals surface area contributed by atoms with Gasteiger partial charge in [0.25, 0.3) is 5.91 Å². The molecule has 1 atom stereocenters. The largest absolute Gasteiger partial charge is 0.464 e. The normalized spacial score (nSPS) is 16.7. The first kappa shape index (κ1) is 21.5. The molecule has 3 heterocycles. The number of fused-ring (bicyclic) bond motifs is 1. The van der Waals surface area contributed by atoms with Gasteiger partial charge in [-0.15, -0.1) is 0 Å². The van der Waals surface area contributed by atoms with Gasteiger partial charge in [-0.05, 0) is 50.7 Å². The zero-order valence-electron chi connectivity index (χ0n) is 17.3. The third-order valence-electron chi connectivity index (χ3n) is 4.93. The van der Waals surface area contributed by atoms with E-state index in [2.05, 4.69) is 10.4 Å². The number of aryl methyl sites for hydroxylation is 3. The Bertz CT molecular complexity index is 798. The summed E-state index contributed by atoms with van der Waals surface area (Å²) < 4.78 is 18.3. The maximum Gasteiger partial charge on any atom is 0.255 e. The molecule has 0 saturated carbocycles. The highest BCUT2D eigenvalue weighted by atomic mass is 16.6. The van der Waals surface area contributed by atoms with Gasteiger partial charge in [-0.3, -0.25) is 9.48 Å². The van der Waals surface area contributed by atoms with Gasteiger partial charge in [-0.2, -0.15) is 5.10 Å². The van der Waals surface area contributed by atoms with E-state index in [1.807, 2.05) is 18.5 Å². The van der Waals surface area contributed by atoms with Gasteiger partial charge in [0.15, 0.2) is 5.76 Å². The molecule has 1 aliphatic heterocycles. The Hall–Kier alpha value is -2.16. The summed E-state index contributed by atoms with van der Waals surface area (Å²) in [7, 11) is 0. The summed E-state index contributed by atoms with van der Waals surface area (Å²) in [5.41, 5.74) is 3.42. The Kier molecular flexibility index (Phi) is 7.85. The number of hydrogen-bond donors (Lipinski definition) is 2. The fourth-order valence-corrected chi connectivity index (χ4v) is 3.48. The van der Waals surface area contributed by atoms with E-state index >= 15 is 0 Å². The van der Waals surface area contributed by atoms with Crippen LogP contribution in [0.5, 0.6) is 0 Å². The zero-order chi connectivity index (χ0) is 20.6. The fourth-order valence-electron chi connectivity index (χ4n) is 3.48. The molecule has 2 aromatic rings. The second-order valence-corrected chi connectivity index (χ2v) is 7.27. The minimum atomic E-state index is -1.08. The molecule has 29 heavy (non-hydrogen) atoms. The first-order valence-electron chi connectivity index (χ1n) is 10.4. The van der Waals surface area contributed by atoms with Crippen LogP contribution in [0.4, 0.5) is 0 Å². The number of carbonyl (C=O) groups is 1. The topological polar surface area (TPSA) is 98.8 Å². The van der Waals surface area contributed by atoms with Crippen molar-refractivity contribution < 1.29 is 23.8 Å². The van der Waals surface area contributed by atoms with Crippen molar-refractivity contribution in [3.63, 3.8) is 0 Å². The number of nitrogens with one attached hydrogen (secondary N) is 1. The average Bonchev–Trinajstić information content (AvgIpc) is 3.29. The summed E-state index contributed by atoms with van der Waals surface area (Å²) in [6.07, 6.45) is 4.27. The van der Waals surface area contributed by atoms with Gasteiger partial charge in [0.05, 0.1) is 29.8 Å². The molecule has 3 rings (SSSR count). The van der Waals surface area contributed by atoms with Crippen LogP contribution < -0.4 is 5.32 Å². The molecular weight excluding hydrogens is 374 g/mol. The summed E-state index contributed by atoms with van der Waals surface area (Å²) in [5, 5.41) is 17.7. The lowest BCUT2D eigenvalue weighted by Gasteiger charge is -2.11. The standard InChI is InChI=1S/C21H31N3O5/c1-3-16-19-17(7-4-10-27-11-5-8-22-20(19)25)24(23-16)9-6-12-28-21(26)18-13-15(2)14-29-18/h13-14,21,26H,3-12H2,1-2H3,(H,22,25). The smallest absolute Gasteiger partial charge is 0.255 e. The predicted octanol–water partition coefficient (Wildman–Crippen LogP) is 2.53. The molecule has 8 nitrogen and oxygen atoms in total. The van der Waals surface area contributed by atoms with Crippen molar-refractivity contribution in [1.29, 1.82) is 0 Å². The van der Waals surface area contributed by atoms with Crippen LogP contribution in [-0.2, 0) is 28.9 Å². The minimum absolute atomic E-state index is 0.0511. The average molecular weight is 405 g/mol. The molecule has 0 bridgehead atoms. The highest BCUT2D eigenvalue weighted by molar-refractivity contribution is 5.96. The molecule has 0 radical (unpaired) electrons. The Morgan fingerprint density at radius 2 is 2.21 bits per heavy atom. The highest BCUT2D eigenvalue weighted by Crippen LogP contribution is 2.20. The van der Waals surface area contributed by atoms with Gasteiger partial charge in [0, 0.05) is 26.3 Å². The van der Waals surface area contributed by atoms with Crippen LogP contribution in [0, 0.1) is 6.92 Å². The van der Waals surface area contributed by atoms with Crippen molar-refractivity contribution in [2.45, 2.75) is 58.8 Å². The van der Waals surface area contributed by atoms with Gasteiger partial charge in [0.1, 0.15) is 0 Å². The maximum absolute atomic E-state index is 12.7. The van der Waals surface area contributed by atoms with Crippen molar-refractivity contribution >= 4 is 5.91 Å². The van der Waals surface area contributed by atoms with Gasteiger partial charge >= 0.3 is 0 Å². The van der Waals surface area contributed by atoms with Crippen molar-refractivity contribution in [2.75, 3.05) is 26.4 Å². The van der Waals surface area contributed by atoms with Crippen LogP contribution in [-0.4, -0.2) is 47.2 Å². The summed E-state index contributed by atoms with van der Waals surface area (Å²) in [6.45, 7) is 6.82. The number of amides is 1. The Morgan fingerprint density at radius 1 is 1.38 bits per heavy atom. The monoisotopic (exact) mass is 405 g/mol. The second kappa shape index (κ2) is 10.6. The molecule has 160 valence electrons. The minimum Gasteiger partial charge on any atom is -0.464 e. The van der Waals surface area contributed by atoms with Crippen molar-refractivity contribution in [3.05, 3.63) is 40.6 Å². The molecule has 1 aliphatic rings. The summed E-state index contributed by atoms with van der Waals surface area (Å²) in [5.74, 6) is 0.352. The molecule has 2 N–H and O–H groups in total. The van der Waals surface area contributed by atoms with Crippen LogP contribution in [0.15, 0.2) is 16.7 Å². The molecule has 0 saturated heterocycles. The first-order valence-corrected chi connectivity index (χ1v) is 10.4. The van der Waals surface area contributed by atoms with E-state index in [-0.39, 0.29) is 5.91 Å². The third-order valence-corrected chi connectivity index (χ3v) is 4.93. The molecule has 1 amide bonds. The van der Waals surface area contributed by atoms with E-state index in [1.165, 1.54) is 0 Å². The van der Waals surface area contributed by atoms with E-state index in [9.17, 15) is 9.90 Å². The number of aliphatic hydroxyl groups is 1. The quantitative estimate of drug-likeness (QED) is 0.543. The second-order valence-electron chi connectivity index (χ2n) is 7.27. The first-order chi connectivity index (χ1) is 14.1. The third kappa shape index (κ3) is 5.68. The molecule has 1 unspecified atom stereocenters. The van der Waals surface area contributed by atoms with E-state index in [0.29, 0.717) is 57.1 Å². The Balaban J connectivity index is 1.64. The number of aromatic nitrogens is 2. The van der Waals surface area contributed by atoms with Gasteiger partial charge in [0.2, 0.25) is 6.29 Å². The van der Waals surface area contributed by atoms with Crippen molar-refractivity contribution in [1.82, 2.24) is 15.1 Å². The van der Waals surface area contributed by atoms with Crippen LogP contribution in [0.2, 0.25) is 0 Å². The molecule has 0 fully saturated rings. The van der Waals surface area contributed by atoms with E-state index in [0.717, 1.165) is 36.2 Å². The lowest BCUT2D eigenvalue weighted by Crippen LogP contribution is -2.26. The lowest BCUT2D eigenvalue weighted by atomic mass is 10.1. The molecule has 8 heteroatoms. The highest BCUT2D eigenvalue weighted by Gasteiger charge is 2.23. The van der Waals surface area contributed by atoms with Crippen molar-refractivity contribution in [3.8, 4) is 0 Å².